The van der Waals surface area contributed by atoms with Gasteiger partial charge in [0, 0.05) is 7.05 Å². The number of imidazole rings is 1. The maximum Gasteiger partial charge on any atom is 0.497 e. The van der Waals surface area contributed by atoms with Gasteiger partial charge >= 0.3 is 12.7 Å². The minimum Gasteiger partial charge on any atom is -0.448 e. The molecule has 0 aliphatic heterocycles. The minimum absolute atomic E-state index is 0.314. The first-order valence-electron chi connectivity index (χ1n) is 4.75. The van der Waals surface area contributed by atoms with Crippen molar-refractivity contribution in [3.63, 3.8) is 0 Å². The molecule has 0 aliphatic rings. The van der Waals surface area contributed by atoms with Crippen LogP contribution in [-0.4, -0.2) is 16.1 Å². The predicted molar refractivity (Wildman–Crippen MR) is 56.3 cm³/mol. The van der Waals surface area contributed by atoms with Crippen LogP contribution in [-0.2, 0) is 13.5 Å². The van der Waals surface area contributed by atoms with E-state index in [1.807, 2.05) is 0 Å². The highest BCUT2D eigenvalue weighted by Gasteiger charge is 2.26. The number of para-hydroxylation sites is 2. The van der Waals surface area contributed by atoms with E-state index in [-0.39, 0.29) is 0 Å². The Labute approximate surface area is 89.2 Å². The lowest BCUT2D eigenvalue weighted by Crippen LogP contribution is -2.32. The number of rotatable bonds is 2. The normalized spacial score (nSPS) is 12.2. The van der Waals surface area contributed by atoms with Gasteiger partial charge in [0.15, 0.2) is 0 Å². The fourth-order valence-electron chi connectivity index (χ4n) is 1.75. The van der Waals surface area contributed by atoms with Gasteiger partial charge in [-0.1, -0.05) is 12.1 Å². The lowest BCUT2D eigenvalue weighted by Gasteiger charge is -2.14. The van der Waals surface area contributed by atoms with Gasteiger partial charge in [-0.25, -0.2) is 4.79 Å². The summed E-state index contributed by atoms with van der Waals surface area (Å²) in [5, 5.41) is 0. The number of hydrogen-bond donors (Lipinski definition) is 0. The van der Waals surface area contributed by atoms with Crippen LogP contribution in [0.4, 0.5) is 12.9 Å². The van der Waals surface area contributed by atoms with Gasteiger partial charge in [0.25, 0.3) is 0 Å². The van der Waals surface area contributed by atoms with E-state index in [9.17, 15) is 17.7 Å². The van der Waals surface area contributed by atoms with Crippen molar-refractivity contribution in [3.05, 3.63) is 34.7 Å². The summed E-state index contributed by atoms with van der Waals surface area (Å²) in [6.07, 6.45) is -1.19. The summed E-state index contributed by atoms with van der Waals surface area (Å²) < 4.78 is 39.0. The fourth-order valence-corrected chi connectivity index (χ4v) is 1.75. The molecule has 0 bridgehead atoms. The van der Waals surface area contributed by atoms with Gasteiger partial charge in [-0.15, -0.1) is 0 Å². The molecule has 7 heteroatoms. The summed E-state index contributed by atoms with van der Waals surface area (Å²) in [5.74, 6) is 0. The van der Waals surface area contributed by atoms with Gasteiger partial charge in [0.1, 0.15) is 0 Å². The molecule has 0 radical (unpaired) electrons. The third kappa shape index (κ3) is 1.73. The number of benzene rings is 1. The largest absolute Gasteiger partial charge is 0.497 e. The molecular formula is C9H9BF3N2O-. The van der Waals surface area contributed by atoms with Crippen LogP contribution in [0.5, 0.6) is 0 Å². The van der Waals surface area contributed by atoms with Crippen LogP contribution in [0.25, 0.3) is 11.0 Å². The monoisotopic (exact) mass is 229 g/mol. The first-order chi connectivity index (χ1) is 7.40. The van der Waals surface area contributed by atoms with Crippen LogP contribution in [0.1, 0.15) is 0 Å². The van der Waals surface area contributed by atoms with Crippen LogP contribution >= 0.6 is 0 Å². The average Bonchev–Trinajstić information content (AvgIpc) is 2.43. The molecule has 0 amide bonds. The van der Waals surface area contributed by atoms with Gasteiger partial charge in [-0.05, 0) is 18.6 Å². The summed E-state index contributed by atoms with van der Waals surface area (Å²) in [6.45, 7) is -5.02. The number of aromatic nitrogens is 2. The van der Waals surface area contributed by atoms with Crippen molar-refractivity contribution in [3.8, 4) is 0 Å². The molecule has 1 aromatic carbocycles. The molecule has 86 valence electrons. The molecule has 0 atom stereocenters. The minimum atomic E-state index is -5.02. The maximum atomic E-state index is 12.4. The van der Waals surface area contributed by atoms with E-state index in [0.717, 1.165) is 4.57 Å². The molecule has 0 saturated heterocycles. The number of fused-ring (bicyclic) bond motifs is 1. The van der Waals surface area contributed by atoms with Crippen molar-refractivity contribution in [2.24, 2.45) is 7.05 Å². The summed E-state index contributed by atoms with van der Waals surface area (Å²) in [6, 6.07) is 6.43. The molecule has 0 N–H and O–H groups in total. The molecule has 3 nitrogen and oxygen atoms in total. The highest BCUT2D eigenvalue weighted by molar-refractivity contribution is 6.57. The summed E-state index contributed by atoms with van der Waals surface area (Å²) >= 11 is 0. The molecule has 0 unspecified atom stereocenters. The van der Waals surface area contributed by atoms with Crippen molar-refractivity contribution >= 4 is 18.0 Å². The van der Waals surface area contributed by atoms with Crippen molar-refractivity contribution in [1.29, 1.82) is 0 Å². The Morgan fingerprint density at radius 2 is 1.75 bits per heavy atom. The van der Waals surface area contributed by atoms with E-state index in [1.165, 1.54) is 17.7 Å². The Morgan fingerprint density at radius 3 is 2.31 bits per heavy atom. The van der Waals surface area contributed by atoms with Crippen LogP contribution < -0.4 is 5.69 Å². The van der Waals surface area contributed by atoms with Gasteiger partial charge in [0.2, 0.25) is 0 Å². The Kier molecular flexibility index (Phi) is 2.33. The first kappa shape index (κ1) is 10.8. The van der Waals surface area contributed by atoms with E-state index < -0.39 is 19.1 Å². The number of aryl methyl sites for hydroxylation is 1. The Hall–Kier alpha value is -1.66. The first-order valence-corrected chi connectivity index (χ1v) is 4.75. The molecule has 0 fully saturated rings. The Bertz CT molecular complexity index is 584. The van der Waals surface area contributed by atoms with E-state index >= 15 is 0 Å². The SMILES string of the molecule is Cn1c(=O)n(C[B-](F)(F)F)c2ccccc21. The standard InChI is InChI=1S/C9H9BF3N2O/c1-14-7-4-2-3-5-8(7)15(9(14)16)6-10(11,12)13/h2-5H,6H2,1H3/q-1. The van der Waals surface area contributed by atoms with Crippen LogP contribution in [0.3, 0.4) is 0 Å². The molecule has 16 heavy (non-hydrogen) atoms. The number of nitrogens with zero attached hydrogens (tertiary/aromatic N) is 2. The van der Waals surface area contributed by atoms with Gasteiger partial charge < -0.3 is 17.5 Å². The lowest BCUT2D eigenvalue weighted by atomic mass is 9.92. The summed E-state index contributed by atoms with van der Waals surface area (Å²) in [4.78, 5) is 11.6. The molecule has 0 saturated carbocycles. The number of halogens is 3. The predicted octanol–water partition coefficient (Wildman–Crippen LogP) is 1.73. The van der Waals surface area contributed by atoms with Gasteiger partial charge in [-0.2, -0.15) is 0 Å². The van der Waals surface area contributed by atoms with E-state index in [2.05, 4.69) is 0 Å². The van der Waals surface area contributed by atoms with Crippen molar-refractivity contribution in [2.45, 2.75) is 6.44 Å². The van der Waals surface area contributed by atoms with E-state index in [4.69, 9.17) is 0 Å². The zero-order valence-corrected chi connectivity index (χ0v) is 8.53. The molecule has 0 aliphatic carbocycles. The highest BCUT2D eigenvalue weighted by Crippen LogP contribution is 2.16. The second kappa shape index (κ2) is 3.43. The summed E-state index contributed by atoms with van der Waals surface area (Å²) in [5.41, 5.74) is 0.183. The Balaban J connectivity index is 2.70. The molecule has 1 heterocycles. The number of hydrogen-bond acceptors (Lipinski definition) is 1. The van der Waals surface area contributed by atoms with E-state index in [0.29, 0.717) is 11.0 Å². The topological polar surface area (TPSA) is 26.9 Å². The quantitative estimate of drug-likeness (QED) is 0.720. The van der Waals surface area contributed by atoms with Crippen LogP contribution in [0.15, 0.2) is 29.1 Å². The zero-order valence-electron chi connectivity index (χ0n) is 8.53. The lowest BCUT2D eigenvalue weighted by molar-refractivity contribution is 0.444. The average molecular weight is 229 g/mol. The molecular weight excluding hydrogens is 220 g/mol. The smallest absolute Gasteiger partial charge is 0.448 e. The Morgan fingerprint density at radius 1 is 1.19 bits per heavy atom. The van der Waals surface area contributed by atoms with Crippen LogP contribution in [0.2, 0.25) is 0 Å². The fraction of sp³-hybridized carbons (Fsp3) is 0.222. The van der Waals surface area contributed by atoms with Crippen LogP contribution in [0, 0.1) is 0 Å². The second-order valence-electron chi connectivity index (χ2n) is 3.65. The van der Waals surface area contributed by atoms with Crippen molar-refractivity contribution in [1.82, 2.24) is 9.13 Å². The van der Waals surface area contributed by atoms with Gasteiger partial charge in [-0.3, -0.25) is 4.57 Å². The second-order valence-corrected chi connectivity index (χ2v) is 3.65. The van der Waals surface area contributed by atoms with Gasteiger partial charge in [0.05, 0.1) is 11.0 Å². The summed E-state index contributed by atoms with van der Waals surface area (Å²) in [7, 11) is 1.46. The third-order valence-corrected chi connectivity index (χ3v) is 2.44. The molecule has 2 aromatic rings. The van der Waals surface area contributed by atoms with E-state index in [1.54, 1.807) is 18.2 Å². The molecule has 0 spiro atoms. The molecule has 1 aromatic heterocycles. The zero-order chi connectivity index (χ0) is 11.9. The van der Waals surface area contributed by atoms with Crippen molar-refractivity contribution in [2.75, 3.05) is 0 Å². The molecule has 2 rings (SSSR count). The maximum absolute atomic E-state index is 12.4. The highest BCUT2D eigenvalue weighted by atomic mass is 19.4. The third-order valence-electron chi connectivity index (χ3n) is 2.44. The van der Waals surface area contributed by atoms with Crippen molar-refractivity contribution < 1.29 is 12.9 Å².